The molecule has 0 bridgehead atoms. The molecule has 10 heavy (non-hydrogen) atoms. The van der Waals surface area contributed by atoms with E-state index in [9.17, 15) is 5.11 Å². The molecule has 0 aromatic heterocycles. The summed E-state index contributed by atoms with van der Waals surface area (Å²) in [4.78, 5) is 2.41. The average Bonchev–Trinajstić information content (AvgIpc) is 1.88. The quantitative estimate of drug-likeness (QED) is 0.588. The number of rotatable bonds is 1. The minimum atomic E-state index is -0.0437. The maximum atomic E-state index is 9.27. The number of nitrogens with zero attached hydrogens (tertiary/aromatic N) is 1. The van der Waals surface area contributed by atoms with Crippen molar-refractivity contribution in [1.82, 2.24) is 4.90 Å². The van der Waals surface area contributed by atoms with E-state index in [0.29, 0.717) is 6.04 Å². The van der Waals surface area contributed by atoms with E-state index in [2.05, 4.69) is 18.7 Å². The van der Waals surface area contributed by atoms with Crippen molar-refractivity contribution in [2.75, 3.05) is 13.1 Å². The van der Waals surface area contributed by atoms with Crippen LogP contribution < -0.4 is 0 Å². The van der Waals surface area contributed by atoms with Crippen LogP contribution in [0.25, 0.3) is 0 Å². The molecule has 1 aliphatic heterocycles. The van der Waals surface area contributed by atoms with Gasteiger partial charge < -0.3 is 10.0 Å². The molecule has 0 radical (unpaired) electrons. The van der Waals surface area contributed by atoms with Crippen LogP contribution in [-0.4, -0.2) is 35.2 Å². The van der Waals surface area contributed by atoms with Crippen molar-refractivity contribution in [3.63, 3.8) is 0 Å². The second-order valence-electron chi connectivity index (χ2n) is 3.16. The zero-order valence-corrected chi connectivity index (χ0v) is 6.88. The van der Waals surface area contributed by atoms with Crippen LogP contribution in [0.3, 0.4) is 0 Å². The zero-order chi connectivity index (χ0) is 7.56. The lowest BCUT2D eigenvalue weighted by atomic mass is 10.0. The van der Waals surface area contributed by atoms with Crippen molar-refractivity contribution in [3.8, 4) is 0 Å². The molecule has 0 unspecified atom stereocenters. The normalized spacial score (nSPS) is 36.3. The molecule has 2 heteroatoms. The van der Waals surface area contributed by atoms with E-state index < -0.39 is 0 Å². The number of aliphatic hydroxyl groups excluding tert-OH is 1. The largest absolute Gasteiger partial charge is 0.393 e. The van der Waals surface area contributed by atoms with Gasteiger partial charge in [-0.05, 0) is 26.3 Å². The number of piperidine rings is 1. The number of likely N-dealkylation sites (tertiary alicyclic amines) is 1. The molecular weight excluding hydrogens is 126 g/mol. The first-order valence-corrected chi connectivity index (χ1v) is 4.16. The third kappa shape index (κ3) is 1.70. The van der Waals surface area contributed by atoms with E-state index in [1.165, 1.54) is 0 Å². The summed E-state index contributed by atoms with van der Waals surface area (Å²) in [6, 6.07) is 0.578. The highest BCUT2D eigenvalue weighted by Gasteiger charge is 2.21. The first-order chi connectivity index (χ1) is 4.74. The van der Waals surface area contributed by atoms with Gasteiger partial charge in [-0.1, -0.05) is 6.92 Å². The van der Waals surface area contributed by atoms with Gasteiger partial charge in [-0.2, -0.15) is 0 Å². The van der Waals surface area contributed by atoms with Gasteiger partial charge in [0.2, 0.25) is 0 Å². The van der Waals surface area contributed by atoms with Crippen LogP contribution in [0.2, 0.25) is 0 Å². The fourth-order valence-corrected chi connectivity index (χ4v) is 1.67. The van der Waals surface area contributed by atoms with E-state index in [1.807, 2.05) is 0 Å². The van der Waals surface area contributed by atoms with Crippen LogP contribution >= 0.6 is 0 Å². The molecule has 0 saturated carbocycles. The predicted octanol–water partition coefficient (Wildman–Crippen LogP) is 0.851. The molecule has 0 amide bonds. The molecule has 0 aromatic rings. The summed E-state index contributed by atoms with van der Waals surface area (Å²) >= 11 is 0. The number of hydrogen-bond donors (Lipinski definition) is 1. The number of hydrogen-bond acceptors (Lipinski definition) is 2. The monoisotopic (exact) mass is 143 g/mol. The summed E-state index contributed by atoms with van der Waals surface area (Å²) in [7, 11) is 0. The highest BCUT2D eigenvalue weighted by atomic mass is 16.3. The van der Waals surface area contributed by atoms with Crippen molar-refractivity contribution in [2.45, 2.75) is 38.8 Å². The summed E-state index contributed by atoms with van der Waals surface area (Å²) in [5.41, 5.74) is 0. The maximum Gasteiger partial charge on any atom is 0.0567 e. The zero-order valence-electron chi connectivity index (χ0n) is 6.88. The Kier molecular flexibility index (Phi) is 2.69. The van der Waals surface area contributed by atoms with Gasteiger partial charge in [-0.15, -0.1) is 0 Å². The second kappa shape index (κ2) is 3.35. The van der Waals surface area contributed by atoms with Crippen LogP contribution in [0.4, 0.5) is 0 Å². The van der Waals surface area contributed by atoms with Crippen LogP contribution in [0.15, 0.2) is 0 Å². The van der Waals surface area contributed by atoms with Gasteiger partial charge in [0, 0.05) is 12.6 Å². The molecule has 0 aromatic carbocycles. The van der Waals surface area contributed by atoms with Gasteiger partial charge in [0.15, 0.2) is 0 Å². The molecule has 60 valence electrons. The Bertz CT molecular complexity index is 105. The van der Waals surface area contributed by atoms with Gasteiger partial charge >= 0.3 is 0 Å². The van der Waals surface area contributed by atoms with Crippen molar-refractivity contribution in [1.29, 1.82) is 0 Å². The van der Waals surface area contributed by atoms with E-state index in [-0.39, 0.29) is 6.10 Å². The van der Waals surface area contributed by atoms with Crippen LogP contribution in [-0.2, 0) is 0 Å². The topological polar surface area (TPSA) is 23.5 Å². The highest BCUT2D eigenvalue weighted by Crippen LogP contribution is 2.15. The summed E-state index contributed by atoms with van der Waals surface area (Å²) in [5, 5.41) is 9.27. The molecule has 0 spiro atoms. The van der Waals surface area contributed by atoms with E-state index >= 15 is 0 Å². The molecule has 1 N–H and O–H groups in total. The molecule has 1 aliphatic rings. The standard InChI is InChI=1S/C8H17NO/c1-3-9-5-4-8(10)6-7(9)2/h7-8,10H,3-6H2,1-2H3/t7-,8-/m0/s1. The van der Waals surface area contributed by atoms with Crippen molar-refractivity contribution in [3.05, 3.63) is 0 Å². The molecule has 1 rings (SSSR count). The average molecular weight is 143 g/mol. The first kappa shape index (κ1) is 8.02. The summed E-state index contributed by atoms with van der Waals surface area (Å²) in [6.07, 6.45) is 1.87. The second-order valence-corrected chi connectivity index (χ2v) is 3.16. The van der Waals surface area contributed by atoms with Gasteiger partial charge in [0.25, 0.3) is 0 Å². The van der Waals surface area contributed by atoms with Crippen molar-refractivity contribution < 1.29 is 5.11 Å². The Morgan fingerprint density at radius 2 is 2.30 bits per heavy atom. The van der Waals surface area contributed by atoms with E-state index in [4.69, 9.17) is 0 Å². The minimum Gasteiger partial charge on any atom is -0.393 e. The lowest BCUT2D eigenvalue weighted by Gasteiger charge is -2.34. The van der Waals surface area contributed by atoms with Gasteiger partial charge in [-0.3, -0.25) is 0 Å². The molecule has 2 nitrogen and oxygen atoms in total. The van der Waals surface area contributed by atoms with Crippen LogP contribution in [0.5, 0.6) is 0 Å². The Morgan fingerprint density at radius 3 is 2.80 bits per heavy atom. The summed E-state index contributed by atoms with van der Waals surface area (Å²) in [6.45, 7) is 6.55. The van der Waals surface area contributed by atoms with E-state index in [0.717, 1.165) is 25.9 Å². The van der Waals surface area contributed by atoms with Crippen LogP contribution in [0.1, 0.15) is 26.7 Å². The van der Waals surface area contributed by atoms with Gasteiger partial charge in [0.05, 0.1) is 6.10 Å². The predicted molar refractivity (Wildman–Crippen MR) is 41.9 cm³/mol. The smallest absolute Gasteiger partial charge is 0.0567 e. The van der Waals surface area contributed by atoms with Gasteiger partial charge in [0.1, 0.15) is 0 Å². The van der Waals surface area contributed by atoms with Gasteiger partial charge in [-0.25, -0.2) is 0 Å². The van der Waals surface area contributed by atoms with Crippen molar-refractivity contribution in [2.24, 2.45) is 0 Å². The summed E-state index contributed by atoms with van der Waals surface area (Å²) in [5.74, 6) is 0. The fraction of sp³-hybridized carbons (Fsp3) is 1.00. The maximum absolute atomic E-state index is 9.27. The minimum absolute atomic E-state index is 0.0437. The molecular formula is C8H17NO. The van der Waals surface area contributed by atoms with Crippen molar-refractivity contribution >= 4 is 0 Å². The van der Waals surface area contributed by atoms with Crippen LogP contribution in [0, 0.1) is 0 Å². The Morgan fingerprint density at radius 1 is 1.60 bits per heavy atom. The van der Waals surface area contributed by atoms with E-state index in [1.54, 1.807) is 0 Å². The lowest BCUT2D eigenvalue weighted by Crippen LogP contribution is -2.42. The molecule has 1 saturated heterocycles. The molecule has 2 atom stereocenters. The highest BCUT2D eigenvalue weighted by molar-refractivity contribution is 4.76. The Hall–Kier alpha value is -0.0800. The first-order valence-electron chi connectivity index (χ1n) is 4.16. The lowest BCUT2D eigenvalue weighted by molar-refractivity contribution is 0.0514. The Balaban J connectivity index is 2.36. The third-order valence-electron chi connectivity index (χ3n) is 2.39. The molecule has 0 aliphatic carbocycles. The number of aliphatic hydroxyl groups is 1. The molecule has 1 heterocycles. The third-order valence-corrected chi connectivity index (χ3v) is 2.39. The SMILES string of the molecule is CCN1CC[C@H](O)C[C@@H]1C. The molecule has 1 fully saturated rings. The summed E-state index contributed by atoms with van der Waals surface area (Å²) < 4.78 is 0. The fourth-order valence-electron chi connectivity index (χ4n) is 1.67. The Labute approximate surface area is 62.8 Å².